The molecule has 0 aliphatic rings. The Labute approximate surface area is 101 Å². The van der Waals surface area contributed by atoms with Gasteiger partial charge in [0.25, 0.3) is 5.19 Å². The van der Waals surface area contributed by atoms with Crippen LogP contribution >= 0.6 is 34.5 Å². The number of aromatic nitrogens is 1. The highest BCUT2D eigenvalue weighted by Gasteiger charge is 2.08. The van der Waals surface area contributed by atoms with Crippen LogP contribution in [0, 0.1) is 12.3 Å². The molecule has 2 aromatic rings. The van der Waals surface area contributed by atoms with E-state index in [1.165, 1.54) is 11.3 Å². The molecule has 0 bridgehead atoms. The van der Waals surface area contributed by atoms with Crippen molar-refractivity contribution in [1.82, 2.24) is 4.98 Å². The van der Waals surface area contributed by atoms with Crippen molar-refractivity contribution in [3.05, 3.63) is 22.2 Å². The van der Waals surface area contributed by atoms with Gasteiger partial charge in [-0.2, -0.15) is 0 Å². The molecule has 0 spiro atoms. The Balaban J connectivity index is 2.47. The quantitative estimate of drug-likeness (QED) is 0.767. The first-order valence-corrected chi connectivity index (χ1v) is 5.60. The molecule has 0 radical (unpaired) electrons. The van der Waals surface area contributed by atoms with Gasteiger partial charge in [0.1, 0.15) is 0 Å². The van der Waals surface area contributed by atoms with E-state index in [0.717, 1.165) is 10.2 Å². The lowest BCUT2D eigenvalue weighted by atomic mass is 10.3. The third-order valence-corrected chi connectivity index (χ3v) is 3.31. The number of rotatable bonds is 2. The molecule has 2 nitrogen and oxygen atoms in total. The van der Waals surface area contributed by atoms with E-state index in [1.54, 1.807) is 12.1 Å². The van der Waals surface area contributed by atoms with E-state index in [-0.39, 0.29) is 6.61 Å². The second-order valence-corrected chi connectivity index (χ2v) is 4.51. The van der Waals surface area contributed by atoms with E-state index in [9.17, 15) is 0 Å². The van der Waals surface area contributed by atoms with Gasteiger partial charge in [-0.1, -0.05) is 40.5 Å². The maximum atomic E-state index is 6.00. The van der Waals surface area contributed by atoms with Crippen LogP contribution in [0.15, 0.2) is 12.1 Å². The SMILES string of the molecule is C#CCOc1nc2cc(Cl)cc(Cl)c2s1. The number of ether oxygens (including phenoxy) is 1. The van der Waals surface area contributed by atoms with Crippen LogP contribution in [0.3, 0.4) is 0 Å². The third kappa shape index (κ3) is 2.18. The molecule has 0 aliphatic heterocycles. The summed E-state index contributed by atoms with van der Waals surface area (Å²) in [5.41, 5.74) is 0.726. The normalized spacial score (nSPS) is 10.2. The molecule has 1 heterocycles. The first-order chi connectivity index (χ1) is 7.20. The maximum Gasteiger partial charge on any atom is 0.275 e. The third-order valence-electron chi connectivity index (χ3n) is 1.67. The van der Waals surface area contributed by atoms with Crippen molar-refractivity contribution in [3.8, 4) is 17.5 Å². The fourth-order valence-corrected chi connectivity index (χ4v) is 2.50. The van der Waals surface area contributed by atoms with Crippen molar-refractivity contribution in [2.24, 2.45) is 0 Å². The minimum Gasteiger partial charge on any atom is -0.457 e. The van der Waals surface area contributed by atoms with Gasteiger partial charge >= 0.3 is 0 Å². The molecule has 0 fully saturated rings. The molecule has 0 N–H and O–H groups in total. The lowest BCUT2D eigenvalue weighted by Crippen LogP contribution is -1.91. The van der Waals surface area contributed by atoms with Crippen LogP contribution in [-0.2, 0) is 0 Å². The predicted octanol–water partition coefficient (Wildman–Crippen LogP) is 3.62. The summed E-state index contributed by atoms with van der Waals surface area (Å²) in [6.07, 6.45) is 5.08. The van der Waals surface area contributed by atoms with Gasteiger partial charge in [0.15, 0.2) is 6.61 Å². The first-order valence-electron chi connectivity index (χ1n) is 4.02. The van der Waals surface area contributed by atoms with Crippen LogP contribution in [0.5, 0.6) is 5.19 Å². The lowest BCUT2D eigenvalue weighted by molar-refractivity contribution is 0.369. The van der Waals surface area contributed by atoms with Gasteiger partial charge in [0, 0.05) is 5.02 Å². The summed E-state index contributed by atoms with van der Waals surface area (Å²) in [6.45, 7) is 0.200. The number of fused-ring (bicyclic) bond motifs is 1. The van der Waals surface area contributed by atoms with Gasteiger partial charge in [-0.3, -0.25) is 0 Å². The average molecular weight is 258 g/mol. The standard InChI is InChI=1S/C10H5Cl2NOS/c1-2-3-14-10-13-8-5-6(11)4-7(12)9(8)15-10/h1,4-5H,3H2. The number of thiazole rings is 1. The van der Waals surface area contributed by atoms with Gasteiger partial charge in [-0.25, -0.2) is 4.98 Å². The number of hydrogen-bond acceptors (Lipinski definition) is 3. The molecular formula is C10H5Cl2NOS. The summed E-state index contributed by atoms with van der Waals surface area (Å²) < 4.78 is 6.06. The Morgan fingerprint density at radius 2 is 2.27 bits per heavy atom. The zero-order chi connectivity index (χ0) is 10.8. The topological polar surface area (TPSA) is 22.1 Å². The van der Waals surface area contributed by atoms with Crippen LogP contribution in [0.25, 0.3) is 10.2 Å². The summed E-state index contributed by atoms with van der Waals surface area (Å²) in [6, 6.07) is 3.41. The number of hydrogen-bond donors (Lipinski definition) is 0. The van der Waals surface area contributed by atoms with Crippen LogP contribution in [0.4, 0.5) is 0 Å². The van der Waals surface area contributed by atoms with E-state index in [0.29, 0.717) is 15.2 Å². The van der Waals surface area contributed by atoms with Crippen molar-refractivity contribution >= 4 is 44.8 Å². The Morgan fingerprint density at radius 1 is 1.47 bits per heavy atom. The summed E-state index contributed by atoms with van der Waals surface area (Å²) >= 11 is 13.2. The molecule has 0 amide bonds. The number of halogens is 2. The lowest BCUT2D eigenvalue weighted by Gasteiger charge is -1.92. The fourth-order valence-electron chi connectivity index (χ4n) is 1.10. The molecule has 0 aliphatic carbocycles. The van der Waals surface area contributed by atoms with Crippen LogP contribution in [-0.4, -0.2) is 11.6 Å². The Kier molecular flexibility index (Phi) is 3.01. The van der Waals surface area contributed by atoms with Gasteiger partial charge in [0.05, 0.1) is 15.2 Å². The van der Waals surface area contributed by atoms with Crippen LogP contribution in [0.1, 0.15) is 0 Å². The van der Waals surface area contributed by atoms with Gasteiger partial charge in [-0.05, 0) is 12.1 Å². The fraction of sp³-hybridized carbons (Fsp3) is 0.100. The Morgan fingerprint density at radius 3 is 3.00 bits per heavy atom. The van der Waals surface area contributed by atoms with E-state index in [2.05, 4.69) is 10.9 Å². The largest absolute Gasteiger partial charge is 0.457 e. The van der Waals surface area contributed by atoms with E-state index >= 15 is 0 Å². The molecule has 76 valence electrons. The zero-order valence-corrected chi connectivity index (χ0v) is 9.79. The molecule has 1 aromatic carbocycles. The molecule has 15 heavy (non-hydrogen) atoms. The number of benzene rings is 1. The Hall–Kier alpha value is -0.950. The molecule has 0 saturated carbocycles. The average Bonchev–Trinajstić information content (AvgIpc) is 2.57. The zero-order valence-electron chi connectivity index (χ0n) is 7.46. The molecule has 0 unspecified atom stereocenters. The second kappa shape index (κ2) is 4.28. The highest BCUT2D eigenvalue weighted by Crippen LogP contribution is 2.35. The highest BCUT2D eigenvalue weighted by atomic mass is 35.5. The molecule has 2 rings (SSSR count). The van der Waals surface area contributed by atoms with Crippen molar-refractivity contribution in [2.45, 2.75) is 0 Å². The minimum atomic E-state index is 0.200. The smallest absolute Gasteiger partial charge is 0.275 e. The molecule has 0 saturated heterocycles. The summed E-state index contributed by atoms with van der Waals surface area (Å²) in [5.74, 6) is 2.37. The number of nitrogens with zero attached hydrogens (tertiary/aromatic N) is 1. The van der Waals surface area contributed by atoms with Crippen molar-refractivity contribution < 1.29 is 4.74 Å². The summed E-state index contributed by atoms with van der Waals surface area (Å²) in [5, 5.41) is 1.64. The van der Waals surface area contributed by atoms with Crippen molar-refractivity contribution in [1.29, 1.82) is 0 Å². The maximum absolute atomic E-state index is 6.00. The summed E-state index contributed by atoms with van der Waals surface area (Å²) in [7, 11) is 0. The predicted molar refractivity (Wildman–Crippen MR) is 64.0 cm³/mol. The molecule has 1 aromatic heterocycles. The minimum absolute atomic E-state index is 0.200. The van der Waals surface area contributed by atoms with Gasteiger partial charge < -0.3 is 4.74 Å². The van der Waals surface area contributed by atoms with E-state index in [4.69, 9.17) is 34.4 Å². The van der Waals surface area contributed by atoms with Crippen LogP contribution in [0.2, 0.25) is 10.0 Å². The number of terminal acetylenes is 1. The van der Waals surface area contributed by atoms with Gasteiger partial charge in [0.2, 0.25) is 0 Å². The Bertz CT molecular complexity index is 544. The monoisotopic (exact) mass is 257 g/mol. The van der Waals surface area contributed by atoms with Crippen LogP contribution < -0.4 is 4.74 Å². The first kappa shape index (κ1) is 10.6. The van der Waals surface area contributed by atoms with Crippen molar-refractivity contribution in [2.75, 3.05) is 6.61 Å². The molecule has 5 heteroatoms. The second-order valence-electron chi connectivity index (χ2n) is 2.71. The highest BCUT2D eigenvalue weighted by molar-refractivity contribution is 7.20. The van der Waals surface area contributed by atoms with E-state index < -0.39 is 0 Å². The van der Waals surface area contributed by atoms with Crippen molar-refractivity contribution in [3.63, 3.8) is 0 Å². The summed E-state index contributed by atoms with van der Waals surface area (Å²) in [4.78, 5) is 4.20. The van der Waals surface area contributed by atoms with Gasteiger partial charge in [-0.15, -0.1) is 6.42 Å². The molecule has 0 atom stereocenters. The van der Waals surface area contributed by atoms with E-state index in [1.807, 2.05) is 0 Å². The molecular weight excluding hydrogens is 253 g/mol.